The molecule has 19 heavy (non-hydrogen) atoms. The number of ether oxygens (including phenoxy) is 1. The van der Waals surface area contributed by atoms with Crippen molar-refractivity contribution in [1.29, 1.82) is 0 Å². The maximum atomic E-state index is 5.99. The molecule has 0 radical (unpaired) electrons. The summed E-state index contributed by atoms with van der Waals surface area (Å²) in [7, 11) is 3.75. The Balaban J connectivity index is 1.87. The van der Waals surface area contributed by atoms with E-state index < -0.39 is 0 Å². The first kappa shape index (κ1) is 12.7. The van der Waals surface area contributed by atoms with Crippen molar-refractivity contribution in [3.05, 3.63) is 35.6 Å². The minimum atomic E-state index is 0.370. The number of fused-ring (bicyclic) bond motifs is 1. The monoisotopic (exact) mass is 259 g/mol. The van der Waals surface area contributed by atoms with E-state index in [2.05, 4.69) is 29.6 Å². The fraction of sp³-hybridized carbons (Fsp3) is 0.500. The molecule has 3 heteroatoms. The van der Waals surface area contributed by atoms with E-state index in [-0.39, 0.29) is 0 Å². The topological polar surface area (TPSA) is 34.4 Å². The summed E-state index contributed by atoms with van der Waals surface area (Å²) in [6.45, 7) is 0.761. The van der Waals surface area contributed by atoms with Gasteiger partial charge in [0.05, 0.1) is 12.6 Å². The van der Waals surface area contributed by atoms with Crippen LogP contribution in [-0.2, 0) is 11.2 Å². The van der Waals surface area contributed by atoms with E-state index in [0.717, 1.165) is 30.3 Å². The number of benzene rings is 1. The molecule has 0 bridgehead atoms. The first-order valence-corrected chi connectivity index (χ1v) is 7.00. The second kappa shape index (κ2) is 5.35. The molecule has 0 aliphatic heterocycles. The van der Waals surface area contributed by atoms with Gasteiger partial charge >= 0.3 is 0 Å². The maximum Gasteiger partial charge on any atom is 0.134 e. The van der Waals surface area contributed by atoms with Crippen molar-refractivity contribution in [2.75, 3.05) is 20.8 Å². The molecule has 1 aliphatic rings. The van der Waals surface area contributed by atoms with Gasteiger partial charge in [0.1, 0.15) is 11.3 Å². The van der Waals surface area contributed by atoms with Gasteiger partial charge in [0.25, 0.3) is 0 Å². The third-order valence-corrected chi connectivity index (χ3v) is 3.91. The lowest BCUT2D eigenvalue weighted by atomic mass is 10.1. The van der Waals surface area contributed by atoms with Gasteiger partial charge in [0, 0.05) is 12.5 Å². The predicted octanol–water partition coefficient (Wildman–Crippen LogP) is 3.29. The smallest absolute Gasteiger partial charge is 0.134 e. The Kier molecular flexibility index (Phi) is 3.58. The zero-order valence-corrected chi connectivity index (χ0v) is 11.6. The van der Waals surface area contributed by atoms with E-state index in [1.807, 2.05) is 7.05 Å². The zero-order chi connectivity index (χ0) is 13.2. The number of nitrogens with one attached hydrogen (secondary N) is 1. The van der Waals surface area contributed by atoms with Crippen LogP contribution in [0.25, 0.3) is 11.0 Å². The van der Waals surface area contributed by atoms with Gasteiger partial charge in [0.15, 0.2) is 0 Å². The van der Waals surface area contributed by atoms with Crippen LogP contribution in [0, 0.1) is 5.92 Å². The van der Waals surface area contributed by atoms with Crippen LogP contribution in [0.4, 0.5) is 0 Å². The molecule has 0 amide bonds. The second-order valence-corrected chi connectivity index (χ2v) is 5.37. The minimum Gasteiger partial charge on any atom is -0.459 e. The fourth-order valence-corrected chi connectivity index (χ4v) is 2.68. The molecule has 1 N–H and O–H groups in total. The third kappa shape index (κ3) is 2.67. The molecular formula is C16H21NO2. The van der Waals surface area contributed by atoms with Crippen molar-refractivity contribution in [2.24, 2.45) is 5.92 Å². The summed E-state index contributed by atoms with van der Waals surface area (Å²) in [6, 6.07) is 8.96. The number of furan rings is 1. The van der Waals surface area contributed by atoms with Crippen molar-refractivity contribution in [3.63, 3.8) is 0 Å². The van der Waals surface area contributed by atoms with E-state index in [1.165, 1.54) is 23.8 Å². The van der Waals surface area contributed by atoms with Gasteiger partial charge in [-0.1, -0.05) is 6.07 Å². The third-order valence-electron chi connectivity index (χ3n) is 3.91. The molecule has 1 aromatic heterocycles. The van der Waals surface area contributed by atoms with Gasteiger partial charge in [0.2, 0.25) is 0 Å². The number of methoxy groups -OCH3 is 1. The highest BCUT2D eigenvalue weighted by Crippen LogP contribution is 2.42. The molecule has 3 nitrogen and oxygen atoms in total. The standard InChI is InChI=1S/C16H21NO2/c1-17-16(12-4-5-12)15-10-13-9-11(7-8-18-2)3-6-14(13)19-15/h3,6,9-10,12,16-17H,4-5,7-8H2,1-2H3. The maximum absolute atomic E-state index is 5.99. The van der Waals surface area contributed by atoms with Crippen molar-refractivity contribution in [1.82, 2.24) is 5.32 Å². The van der Waals surface area contributed by atoms with Crippen LogP contribution in [0.5, 0.6) is 0 Å². The lowest BCUT2D eigenvalue weighted by molar-refractivity contribution is 0.202. The molecule has 2 aromatic rings. The van der Waals surface area contributed by atoms with E-state index in [0.29, 0.717) is 6.04 Å². The molecule has 1 unspecified atom stereocenters. The number of hydrogen-bond acceptors (Lipinski definition) is 3. The molecule has 1 heterocycles. The Morgan fingerprint density at radius 1 is 1.37 bits per heavy atom. The van der Waals surface area contributed by atoms with Crippen LogP contribution >= 0.6 is 0 Å². The molecule has 1 aromatic carbocycles. The Bertz CT molecular complexity index is 557. The molecular weight excluding hydrogens is 238 g/mol. The largest absolute Gasteiger partial charge is 0.459 e. The van der Waals surface area contributed by atoms with E-state index in [1.54, 1.807) is 7.11 Å². The number of hydrogen-bond donors (Lipinski definition) is 1. The van der Waals surface area contributed by atoms with Crippen LogP contribution < -0.4 is 5.32 Å². The van der Waals surface area contributed by atoms with Crippen molar-refractivity contribution in [2.45, 2.75) is 25.3 Å². The highest BCUT2D eigenvalue weighted by Gasteiger charge is 2.33. The number of rotatable bonds is 6. The first-order chi connectivity index (χ1) is 9.31. The Labute approximate surface area is 113 Å². The summed E-state index contributed by atoms with van der Waals surface area (Å²) in [5, 5.41) is 4.58. The fourth-order valence-electron chi connectivity index (χ4n) is 2.68. The molecule has 1 atom stereocenters. The molecule has 0 spiro atoms. The van der Waals surface area contributed by atoms with Crippen molar-refractivity contribution < 1.29 is 9.15 Å². The normalized spacial score (nSPS) is 16.9. The summed E-state index contributed by atoms with van der Waals surface area (Å²) in [5.74, 6) is 1.82. The summed E-state index contributed by atoms with van der Waals surface area (Å²) >= 11 is 0. The average Bonchev–Trinajstić information content (AvgIpc) is 3.16. The Hall–Kier alpha value is -1.32. The van der Waals surface area contributed by atoms with Crippen LogP contribution in [0.15, 0.2) is 28.7 Å². The lowest BCUT2D eigenvalue weighted by Crippen LogP contribution is -2.17. The first-order valence-electron chi connectivity index (χ1n) is 7.00. The van der Waals surface area contributed by atoms with Crippen molar-refractivity contribution in [3.8, 4) is 0 Å². The predicted molar refractivity (Wildman–Crippen MR) is 76.3 cm³/mol. The molecule has 1 aliphatic carbocycles. The highest BCUT2D eigenvalue weighted by molar-refractivity contribution is 5.78. The van der Waals surface area contributed by atoms with Gasteiger partial charge in [-0.05, 0) is 56.0 Å². The Morgan fingerprint density at radius 3 is 2.89 bits per heavy atom. The summed E-state index contributed by atoms with van der Waals surface area (Å²) in [4.78, 5) is 0. The Morgan fingerprint density at radius 2 is 2.21 bits per heavy atom. The van der Waals surface area contributed by atoms with Gasteiger partial charge in [-0.15, -0.1) is 0 Å². The van der Waals surface area contributed by atoms with Gasteiger partial charge < -0.3 is 14.5 Å². The zero-order valence-electron chi connectivity index (χ0n) is 11.6. The molecule has 102 valence electrons. The van der Waals surface area contributed by atoms with Crippen LogP contribution in [0.3, 0.4) is 0 Å². The van der Waals surface area contributed by atoms with Crippen LogP contribution in [-0.4, -0.2) is 20.8 Å². The molecule has 3 rings (SSSR count). The quantitative estimate of drug-likeness (QED) is 0.864. The van der Waals surface area contributed by atoms with E-state index in [9.17, 15) is 0 Å². The summed E-state index contributed by atoms with van der Waals surface area (Å²) in [5.41, 5.74) is 2.28. The summed E-state index contributed by atoms with van der Waals surface area (Å²) < 4.78 is 11.1. The molecule has 0 saturated heterocycles. The SMILES string of the molecule is CNC(c1cc2cc(CCOC)ccc2o1)C1CC1. The van der Waals surface area contributed by atoms with Crippen molar-refractivity contribution >= 4 is 11.0 Å². The minimum absolute atomic E-state index is 0.370. The van der Waals surface area contributed by atoms with Gasteiger partial charge in [-0.2, -0.15) is 0 Å². The second-order valence-electron chi connectivity index (χ2n) is 5.37. The van der Waals surface area contributed by atoms with Gasteiger partial charge in [-0.3, -0.25) is 0 Å². The molecule has 1 saturated carbocycles. The highest BCUT2D eigenvalue weighted by atomic mass is 16.5. The van der Waals surface area contributed by atoms with E-state index >= 15 is 0 Å². The van der Waals surface area contributed by atoms with Crippen LogP contribution in [0.2, 0.25) is 0 Å². The molecule has 1 fully saturated rings. The van der Waals surface area contributed by atoms with E-state index in [4.69, 9.17) is 9.15 Å². The van der Waals surface area contributed by atoms with Gasteiger partial charge in [-0.25, -0.2) is 0 Å². The lowest BCUT2D eigenvalue weighted by Gasteiger charge is -2.11. The van der Waals surface area contributed by atoms with Crippen LogP contribution in [0.1, 0.15) is 30.2 Å². The summed E-state index contributed by atoms with van der Waals surface area (Å²) in [6.07, 6.45) is 3.56. The average molecular weight is 259 g/mol.